The molecule has 2 aromatic carbocycles. The molecular formula is C18H15ClF2N4O. The number of nitrogens with one attached hydrogen (secondary N) is 2. The van der Waals surface area contributed by atoms with Crippen molar-refractivity contribution in [2.75, 3.05) is 18.4 Å². The van der Waals surface area contributed by atoms with Crippen LogP contribution in [0.5, 0.6) is 0 Å². The molecule has 2 heterocycles. The number of hydrogen-bond acceptors (Lipinski definition) is 4. The van der Waals surface area contributed by atoms with Gasteiger partial charge in [-0.3, -0.25) is 14.7 Å². The predicted molar refractivity (Wildman–Crippen MR) is 97.3 cm³/mol. The van der Waals surface area contributed by atoms with Crippen LogP contribution in [0.4, 0.5) is 20.4 Å². The van der Waals surface area contributed by atoms with Gasteiger partial charge in [-0.1, -0.05) is 23.7 Å². The fraction of sp³-hybridized carbons (Fsp3) is 0.222. The molecule has 0 unspecified atom stereocenters. The smallest absolute Gasteiger partial charge is 0.272 e. The molecule has 3 aromatic rings. The highest BCUT2D eigenvalue weighted by Crippen LogP contribution is 2.28. The first kappa shape index (κ1) is 16.9. The summed E-state index contributed by atoms with van der Waals surface area (Å²) in [5.74, 6) is -2.24. The highest BCUT2D eigenvalue weighted by Gasteiger charge is 2.43. The van der Waals surface area contributed by atoms with E-state index in [1.54, 1.807) is 23.1 Å². The topological polar surface area (TPSA) is 61.0 Å². The monoisotopic (exact) mass is 376 g/mol. The van der Waals surface area contributed by atoms with E-state index in [2.05, 4.69) is 15.3 Å². The average molecular weight is 377 g/mol. The fourth-order valence-corrected chi connectivity index (χ4v) is 3.15. The Labute approximate surface area is 152 Å². The number of likely N-dealkylation sites (tertiary alicyclic amines) is 1. The van der Waals surface area contributed by atoms with Crippen molar-refractivity contribution in [1.29, 1.82) is 0 Å². The molecule has 1 fully saturated rings. The first-order valence-electron chi connectivity index (χ1n) is 8.04. The number of alkyl halides is 2. The Balaban J connectivity index is 1.48. The molecule has 0 spiro atoms. The maximum atomic E-state index is 12.9. The lowest BCUT2D eigenvalue weighted by molar-refractivity contribution is -0.133. The Bertz CT molecular complexity index is 1010. The molecule has 0 amide bonds. The second kappa shape index (κ2) is 6.34. The number of aromatic amines is 1. The molecule has 5 nitrogen and oxygen atoms in total. The maximum absolute atomic E-state index is 12.9. The molecule has 1 aliphatic heterocycles. The molecule has 134 valence electrons. The minimum Gasteiger partial charge on any atom is -0.326 e. The van der Waals surface area contributed by atoms with E-state index in [-0.39, 0.29) is 18.6 Å². The summed E-state index contributed by atoms with van der Waals surface area (Å²) in [6.45, 7) is 0.0974. The number of halogens is 3. The highest BCUT2D eigenvalue weighted by atomic mass is 35.5. The number of anilines is 2. The lowest BCUT2D eigenvalue weighted by Crippen LogP contribution is -2.55. The quantitative estimate of drug-likeness (QED) is 0.727. The van der Waals surface area contributed by atoms with Crippen LogP contribution >= 0.6 is 11.6 Å². The molecule has 0 bridgehead atoms. The van der Waals surface area contributed by atoms with Crippen LogP contribution in [0.15, 0.2) is 47.3 Å². The number of benzene rings is 2. The number of nitrogens with zero attached hydrogens (tertiary/aromatic N) is 2. The van der Waals surface area contributed by atoms with Gasteiger partial charge in [-0.15, -0.1) is 0 Å². The first-order chi connectivity index (χ1) is 12.4. The number of hydrogen-bond donors (Lipinski definition) is 2. The summed E-state index contributed by atoms with van der Waals surface area (Å²) in [5.41, 5.74) is 1.94. The Morgan fingerprint density at radius 2 is 1.92 bits per heavy atom. The Morgan fingerprint density at radius 3 is 2.62 bits per heavy atom. The molecule has 8 heteroatoms. The van der Waals surface area contributed by atoms with Crippen molar-refractivity contribution in [3.8, 4) is 0 Å². The van der Waals surface area contributed by atoms with Crippen LogP contribution < -0.4 is 10.9 Å². The van der Waals surface area contributed by atoms with Crippen LogP contribution in [-0.2, 0) is 6.54 Å². The minimum absolute atomic E-state index is 0.195. The summed E-state index contributed by atoms with van der Waals surface area (Å²) in [5, 5.41) is 3.93. The van der Waals surface area contributed by atoms with E-state index in [1.807, 2.05) is 24.3 Å². The summed E-state index contributed by atoms with van der Waals surface area (Å²) in [6.07, 6.45) is 0. The highest BCUT2D eigenvalue weighted by molar-refractivity contribution is 6.31. The standard InChI is InChI=1S/C18H15ClF2N4O/c19-12-3-6-15-14(7-12)16(26)24-17(23-15)22-13-4-1-11(2-5-13)8-25-9-18(20,21)10-25/h1-7H,8-10H2,(H2,22,23,24,26). The van der Waals surface area contributed by atoms with Crippen molar-refractivity contribution in [1.82, 2.24) is 14.9 Å². The van der Waals surface area contributed by atoms with Crippen LogP contribution in [0.2, 0.25) is 5.02 Å². The van der Waals surface area contributed by atoms with Crippen LogP contribution in [0.25, 0.3) is 10.9 Å². The van der Waals surface area contributed by atoms with Gasteiger partial charge >= 0.3 is 0 Å². The van der Waals surface area contributed by atoms with Crippen molar-refractivity contribution in [3.05, 3.63) is 63.4 Å². The van der Waals surface area contributed by atoms with E-state index >= 15 is 0 Å². The van der Waals surface area contributed by atoms with E-state index < -0.39 is 5.92 Å². The summed E-state index contributed by atoms with van der Waals surface area (Å²) >= 11 is 5.90. The largest absolute Gasteiger partial charge is 0.326 e. The number of H-pyrrole nitrogens is 1. The van der Waals surface area contributed by atoms with E-state index in [1.165, 1.54) is 0 Å². The third-order valence-electron chi connectivity index (χ3n) is 4.20. The molecule has 0 saturated carbocycles. The lowest BCUT2D eigenvalue weighted by Gasteiger charge is -2.38. The number of fused-ring (bicyclic) bond motifs is 1. The molecule has 2 N–H and O–H groups in total. The van der Waals surface area contributed by atoms with Gasteiger partial charge in [0.1, 0.15) is 0 Å². The van der Waals surface area contributed by atoms with Crippen molar-refractivity contribution < 1.29 is 8.78 Å². The Hall–Kier alpha value is -2.51. The van der Waals surface area contributed by atoms with Crippen LogP contribution in [0.1, 0.15) is 5.56 Å². The second-order valence-electron chi connectivity index (χ2n) is 6.40. The molecule has 0 aliphatic carbocycles. The molecule has 1 aromatic heterocycles. The van der Waals surface area contributed by atoms with Gasteiger partial charge in [-0.2, -0.15) is 0 Å². The Morgan fingerprint density at radius 1 is 1.19 bits per heavy atom. The van der Waals surface area contributed by atoms with E-state index in [9.17, 15) is 13.6 Å². The fourth-order valence-electron chi connectivity index (χ4n) is 2.98. The molecule has 26 heavy (non-hydrogen) atoms. The molecular weight excluding hydrogens is 362 g/mol. The number of rotatable bonds is 4. The van der Waals surface area contributed by atoms with Crippen LogP contribution in [-0.4, -0.2) is 33.9 Å². The summed E-state index contributed by atoms with van der Waals surface area (Å²) in [4.78, 5) is 20.9. The van der Waals surface area contributed by atoms with Gasteiger partial charge < -0.3 is 5.32 Å². The average Bonchev–Trinajstić information content (AvgIpc) is 2.56. The normalized spacial score (nSPS) is 16.4. The van der Waals surface area contributed by atoms with Gasteiger partial charge in [0, 0.05) is 17.3 Å². The Kier molecular flexibility index (Phi) is 4.13. The molecule has 1 aliphatic rings. The zero-order valence-corrected chi connectivity index (χ0v) is 14.4. The molecule has 1 saturated heterocycles. The summed E-state index contributed by atoms with van der Waals surface area (Å²) in [7, 11) is 0. The van der Waals surface area contributed by atoms with E-state index in [4.69, 9.17) is 11.6 Å². The van der Waals surface area contributed by atoms with Gasteiger partial charge in [0.2, 0.25) is 5.95 Å². The van der Waals surface area contributed by atoms with Crippen molar-refractivity contribution in [3.63, 3.8) is 0 Å². The molecule has 4 rings (SSSR count). The SMILES string of the molecule is O=c1[nH]c(Nc2ccc(CN3CC(F)(F)C3)cc2)nc2ccc(Cl)cc12. The second-order valence-corrected chi connectivity index (χ2v) is 6.84. The third kappa shape index (κ3) is 3.54. The zero-order valence-electron chi connectivity index (χ0n) is 13.6. The molecule has 0 atom stereocenters. The van der Waals surface area contributed by atoms with Gasteiger partial charge in [0.25, 0.3) is 11.5 Å². The van der Waals surface area contributed by atoms with Gasteiger partial charge in [-0.25, -0.2) is 13.8 Å². The predicted octanol–water partition coefficient (Wildman–Crippen LogP) is 3.77. The number of aromatic nitrogens is 2. The van der Waals surface area contributed by atoms with Crippen LogP contribution in [0, 0.1) is 0 Å². The maximum Gasteiger partial charge on any atom is 0.272 e. The van der Waals surface area contributed by atoms with Gasteiger partial charge in [-0.05, 0) is 35.9 Å². The van der Waals surface area contributed by atoms with Crippen molar-refractivity contribution in [2.24, 2.45) is 0 Å². The van der Waals surface area contributed by atoms with Gasteiger partial charge in [0.05, 0.1) is 24.0 Å². The van der Waals surface area contributed by atoms with E-state index in [0.29, 0.717) is 28.4 Å². The summed E-state index contributed by atoms with van der Waals surface area (Å²) < 4.78 is 25.7. The first-order valence-corrected chi connectivity index (χ1v) is 8.41. The minimum atomic E-state index is -2.56. The van der Waals surface area contributed by atoms with Crippen LogP contribution in [0.3, 0.4) is 0 Å². The van der Waals surface area contributed by atoms with Crippen molar-refractivity contribution >= 4 is 34.1 Å². The summed E-state index contributed by atoms with van der Waals surface area (Å²) in [6, 6.07) is 12.3. The lowest BCUT2D eigenvalue weighted by atomic mass is 10.1. The van der Waals surface area contributed by atoms with Crippen molar-refractivity contribution in [2.45, 2.75) is 12.5 Å². The van der Waals surface area contributed by atoms with Gasteiger partial charge in [0.15, 0.2) is 0 Å². The third-order valence-corrected chi connectivity index (χ3v) is 4.44. The molecule has 0 radical (unpaired) electrons. The van der Waals surface area contributed by atoms with E-state index in [0.717, 1.165) is 11.3 Å². The zero-order chi connectivity index (χ0) is 18.3.